The van der Waals surface area contributed by atoms with E-state index in [4.69, 9.17) is 4.74 Å². The number of alkyl halides is 1. The van der Waals surface area contributed by atoms with Crippen LogP contribution in [0, 0.1) is 0 Å². The van der Waals surface area contributed by atoms with Crippen LogP contribution in [0.5, 0.6) is 0 Å². The van der Waals surface area contributed by atoms with Crippen molar-refractivity contribution in [3.05, 3.63) is 0 Å². The minimum atomic E-state index is 0.616. The zero-order valence-electron chi connectivity index (χ0n) is 7.68. The summed E-state index contributed by atoms with van der Waals surface area (Å²) >= 11 is 3.69. The van der Waals surface area contributed by atoms with Crippen LogP contribution in [0.25, 0.3) is 0 Å². The highest BCUT2D eigenvalue weighted by atomic mass is 79.9. The summed E-state index contributed by atoms with van der Waals surface area (Å²) < 4.78 is 5.25. The van der Waals surface area contributed by atoms with Gasteiger partial charge in [-0.2, -0.15) is 0 Å². The van der Waals surface area contributed by atoms with Gasteiger partial charge in [0.25, 0.3) is 0 Å². The van der Waals surface area contributed by atoms with Crippen LogP contribution in [0.1, 0.15) is 32.6 Å². The maximum Gasteiger partial charge on any atom is 0.0967 e. The lowest BCUT2D eigenvalue weighted by Crippen LogP contribution is -2.40. The van der Waals surface area contributed by atoms with Crippen LogP contribution in [0.2, 0.25) is 0 Å². The van der Waals surface area contributed by atoms with Crippen LogP contribution in [-0.4, -0.2) is 24.2 Å². The first kappa shape index (κ1) is 10.5. The average Bonchev–Trinajstić information content (AvgIpc) is 2.09. The number of hydrogen-bond donors (Lipinski definition) is 1. The Hall–Kier alpha value is 0.400. The fourth-order valence-corrected chi connectivity index (χ4v) is 2.36. The number of nitrogens with one attached hydrogen (secondary N) is 1. The molecule has 0 bridgehead atoms. The summed E-state index contributed by atoms with van der Waals surface area (Å²) in [6.07, 6.45) is 5.29. The number of rotatable bonds is 4. The maximum atomic E-state index is 5.25. The SMILES string of the molecule is CCOCN[C@H]1CCCC[C@@H]1Br. The summed E-state index contributed by atoms with van der Waals surface area (Å²) in [5.41, 5.74) is 0. The van der Waals surface area contributed by atoms with Crippen molar-refractivity contribution in [2.45, 2.75) is 43.5 Å². The first-order valence-corrected chi connectivity index (χ1v) is 5.71. The Bertz CT molecular complexity index is 121. The standard InChI is InChI=1S/C9H18BrNO/c1-2-12-7-11-9-6-4-3-5-8(9)10/h8-9,11H,2-7H2,1H3/t8-,9-/m0/s1. The van der Waals surface area contributed by atoms with Gasteiger partial charge in [-0.1, -0.05) is 28.8 Å². The van der Waals surface area contributed by atoms with E-state index in [0.29, 0.717) is 17.6 Å². The molecule has 3 heteroatoms. The molecule has 1 saturated carbocycles. The maximum absolute atomic E-state index is 5.25. The molecule has 1 N–H and O–H groups in total. The third-order valence-corrected chi connectivity index (χ3v) is 3.43. The fourth-order valence-electron chi connectivity index (χ4n) is 1.58. The quantitative estimate of drug-likeness (QED) is 0.459. The van der Waals surface area contributed by atoms with Gasteiger partial charge in [0.1, 0.15) is 0 Å². The van der Waals surface area contributed by atoms with Gasteiger partial charge in [0, 0.05) is 17.5 Å². The average molecular weight is 236 g/mol. The molecule has 1 fully saturated rings. The summed E-state index contributed by atoms with van der Waals surface area (Å²) in [5, 5.41) is 3.40. The van der Waals surface area contributed by atoms with Crippen LogP contribution < -0.4 is 5.32 Å². The molecule has 1 aliphatic rings. The Balaban J connectivity index is 2.11. The molecular formula is C9H18BrNO. The highest BCUT2D eigenvalue weighted by Crippen LogP contribution is 2.24. The molecule has 0 radical (unpaired) electrons. The molecular weight excluding hydrogens is 218 g/mol. The molecule has 0 amide bonds. The normalized spacial score (nSPS) is 30.5. The summed E-state index contributed by atoms with van der Waals surface area (Å²) in [6.45, 7) is 3.52. The predicted octanol–water partition coefficient (Wildman–Crippen LogP) is 2.28. The van der Waals surface area contributed by atoms with Gasteiger partial charge in [0.05, 0.1) is 6.73 Å². The lowest BCUT2D eigenvalue weighted by atomic mass is 9.96. The lowest BCUT2D eigenvalue weighted by molar-refractivity contribution is 0.115. The fraction of sp³-hybridized carbons (Fsp3) is 1.00. The molecule has 0 unspecified atom stereocenters. The molecule has 0 saturated heterocycles. The topological polar surface area (TPSA) is 21.3 Å². The molecule has 1 rings (SSSR count). The van der Waals surface area contributed by atoms with Gasteiger partial charge < -0.3 is 4.74 Å². The molecule has 0 aromatic rings. The van der Waals surface area contributed by atoms with Crippen molar-refractivity contribution in [3.63, 3.8) is 0 Å². The first-order valence-electron chi connectivity index (χ1n) is 4.79. The van der Waals surface area contributed by atoms with Gasteiger partial charge in [-0.25, -0.2) is 0 Å². The molecule has 0 aromatic heterocycles. The van der Waals surface area contributed by atoms with Crippen LogP contribution in [0.15, 0.2) is 0 Å². The van der Waals surface area contributed by atoms with Crippen LogP contribution in [0.3, 0.4) is 0 Å². The van der Waals surface area contributed by atoms with E-state index in [0.717, 1.165) is 6.61 Å². The van der Waals surface area contributed by atoms with Gasteiger partial charge in [-0.05, 0) is 19.8 Å². The smallest absolute Gasteiger partial charge is 0.0967 e. The monoisotopic (exact) mass is 235 g/mol. The van der Waals surface area contributed by atoms with Gasteiger partial charge in [0.15, 0.2) is 0 Å². The van der Waals surface area contributed by atoms with Crippen molar-refractivity contribution in [1.29, 1.82) is 0 Å². The summed E-state index contributed by atoms with van der Waals surface area (Å²) in [5.74, 6) is 0. The van der Waals surface area contributed by atoms with Gasteiger partial charge in [-0.3, -0.25) is 5.32 Å². The third-order valence-electron chi connectivity index (χ3n) is 2.33. The van der Waals surface area contributed by atoms with Crippen molar-refractivity contribution >= 4 is 15.9 Å². The molecule has 2 nitrogen and oxygen atoms in total. The Morgan fingerprint density at radius 2 is 2.17 bits per heavy atom. The Labute approximate surface area is 83.2 Å². The summed E-state index contributed by atoms with van der Waals surface area (Å²) in [4.78, 5) is 0.645. The molecule has 1 aliphatic carbocycles. The Morgan fingerprint density at radius 1 is 1.42 bits per heavy atom. The van der Waals surface area contributed by atoms with E-state index in [2.05, 4.69) is 21.2 Å². The van der Waals surface area contributed by atoms with E-state index in [1.807, 2.05) is 6.92 Å². The van der Waals surface area contributed by atoms with E-state index in [1.165, 1.54) is 25.7 Å². The second-order valence-electron chi connectivity index (χ2n) is 3.25. The largest absolute Gasteiger partial charge is 0.367 e. The summed E-state index contributed by atoms with van der Waals surface area (Å²) in [7, 11) is 0. The Morgan fingerprint density at radius 3 is 2.83 bits per heavy atom. The minimum Gasteiger partial charge on any atom is -0.367 e. The van der Waals surface area contributed by atoms with E-state index < -0.39 is 0 Å². The predicted molar refractivity (Wildman–Crippen MR) is 54.6 cm³/mol. The van der Waals surface area contributed by atoms with E-state index in [1.54, 1.807) is 0 Å². The number of ether oxygens (including phenoxy) is 1. The molecule has 12 heavy (non-hydrogen) atoms. The zero-order valence-corrected chi connectivity index (χ0v) is 9.27. The van der Waals surface area contributed by atoms with Crippen LogP contribution in [-0.2, 0) is 4.74 Å². The van der Waals surface area contributed by atoms with Crippen molar-refractivity contribution in [1.82, 2.24) is 5.32 Å². The molecule has 2 atom stereocenters. The van der Waals surface area contributed by atoms with Gasteiger partial charge >= 0.3 is 0 Å². The molecule has 0 heterocycles. The van der Waals surface area contributed by atoms with Crippen molar-refractivity contribution < 1.29 is 4.74 Å². The highest BCUT2D eigenvalue weighted by molar-refractivity contribution is 9.09. The van der Waals surface area contributed by atoms with Crippen molar-refractivity contribution in [2.75, 3.05) is 13.3 Å². The second kappa shape index (κ2) is 5.95. The van der Waals surface area contributed by atoms with Gasteiger partial charge in [-0.15, -0.1) is 0 Å². The van der Waals surface area contributed by atoms with Gasteiger partial charge in [0.2, 0.25) is 0 Å². The summed E-state index contributed by atoms with van der Waals surface area (Å²) in [6, 6.07) is 0.616. The highest BCUT2D eigenvalue weighted by Gasteiger charge is 2.21. The number of hydrogen-bond acceptors (Lipinski definition) is 2. The third kappa shape index (κ3) is 3.42. The second-order valence-corrected chi connectivity index (χ2v) is 4.42. The Kier molecular flexibility index (Phi) is 5.19. The van der Waals surface area contributed by atoms with E-state index >= 15 is 0 Å². The lowest BCUT2D eigenvalue weighted by Gasteiger charge is -2.28. The zero-order chi connectivity index (χ0) is 8.81. The molecule has 0 spiro atoms. The molecule has 72 valence electrons. The molecule has 0 aromatic carbocycles. The van der Waals surface area contributed by atoms with Crippen LogP contribution >= 0.6 is 15.9 Å². The van der Waals surface area contributed by atoms with E-state index in [-0.39, 0.29) is 0 Å². The van der Waals surface area contributed by atoms with Crippen molar-refractivity contribution in [3.8, 4) is 0 Å². The van der Waals surface area contributed by atoms with Crippen LogP contribution in [0.4, 0.5) is 0 Å². The first-order chi connectivity index (χ1) is 5.84. The minimum absolute atomic E-state index is 0.616. The number of halogens is 1. The molecule has 0 aliphatic heterocycles. The van der Waals surface area contributed by atoms with Crippen molar-refractivity contribution in [2.24, 2.45) is 0 Å². The van der Waals surface area contributed by atoms with E-state index in [9.17, 15) is 0 Å².